The maximum atomic E-state index is 13.8. The molecule has 0 saturated carbocycles. The van der Waals surface area contributed by atoms with E-state index in [4.69, 9.17) is 39.5 Å². The number of nitrogens with zero attached hydrogens (tertiary/aromatic N) is 2. The first-order valence-corrected chi connectivity index (χ1v) is 12.7. The van der Waals surface area contributed by atoms with Crippen molar-refractivity contribution in [3.05, 3.63) is 123 Å². The predicted octanol–water partition coefficient (Wildman–Crippen LogP) is 8.14. The molecule has 1 atom stereocenters. The van der Waals surface area contributed by atoms with Gasteiger partial charge in [0.05, 0.1) is 22.3 Å². The second kappa shape index (κ2) is 10.8. The molecule has 36 heavy (non-hydrogen) atoms. The maximum absolute atomic E-state index is 13.8. The summed E-state index contributed by atoms with van der Waals surface area (Å²) in [4.78, 5) is 17.8. The van der Waals surface area contributed by atoms with Gasteiger partial charge in [0.15, 0.2) is 0 Å². The lowest BCUT2D eigenvalue weighted by Gasteiger charge is -2.43. The molecule has 1 aliphatic heterocycles. The highest BCUT2D eigenvalue weighted by atomic mass is 35.5. The topological polar surface area (TPSA) is 32.8 Å². The number of carbonyl (C=O) groups excluding carboxylic acids is 1. The second-order valence-electron chi connectivity index (χ2n) is 8.52. The molecule has 0 spiro atoms. The van der Waals surface area contributed by atoms with Crippen molar-refractivity contribution in [2.75, 3.05) is 24.5 Å². The third-order valence-electron chi connectivity index (χ3n) is 6.23. The monoisotopic (exact) mass is 536 g/mol. The number of ether oxygens (including phenoxy) is 1. The minimum absolute atomic E-state index is 0.0812. The summed E-state index contributed by atoms with van der Waals surface area (Å²) >= 11 is 18.9. The maximum Gasteiger partial charge on any atom is 0.257 e. The Hall–Kier alpha value is -3.18. The molecule has 4 nitrogen and oxygen atoms in total. The molecule has 0 radical (unpaired) electrons. The Kier molecular flexibility index (Phi) is 7.38. The highest BCUT2D eigenvalue weighted by Gasteiger charge is 2.33. The quantitative estimate of drug-likeness (QED) is 0.257. The largest absolute Gasteiger partial charge is 0.457 e. The minimum atomic E-state index is -0.124. The van der Waals surface area contributed by atoms with Gasteiger partial charge in [-0.25, -0.2) is 0 Å². The molecule has 1 unspecified atom stereocenters. The fourth-order valence-electron chi connectivity index (χ4n) is 4.46. The zero-order chi connectivity index (χ0) is 25.1. The van der Waals surface area contributed by atoms with E-state index in [0.717, 1.165) is 11.3 Å². The van der Waals surface area contributed by atoms with Gasteiger partial charge in [-0.2, -0.15) is 0 Å². The van der Waals surface area contributed by atoms with E-state index in [1.165, 1.54) is 0 Å². The zero-order valence-corrected chi connectivity index (χ0v) is 21.5. The van der Waals surface area contributed by atoms with Crippen molar-refractivity contribution in [2.24, 2.45) is 0 Å². The number of carbonyl (C=O) groups is 1. The van der Waals surface area contributed by atoms with Gasteiger partial charge in [-0.3, -0.25) is 4.79 Å². The first-order valence-electron chi connectivity index (χ1n) is 11.6. The van der Waals surface area contributed by atoms with E-state index < -0.39 is 0 Å². The van der Waals surface area contributed by atoms with Crippen molar-refractivity contribution in [1.29, 1.82) is 0 Å². The third-order valence-corrected chi connectivity index (χ3v) is 7.02. The Balaban J connectivity index is 1.45. The average molecular weight is 538 g/mol. The highest BCUT2D eigenvalue weighted by Crippen LogP contribution is 2.37. The van der Waals surface area contributed by atoms with E-state index >= 15 is 0 Å². The van der Waals surface area contributed by atoms with E-state index in [1.807, 2.05) is 89.8 Å². The summed E-state index contributed by atoms with van der Waals surface area (Å²) in [6.07, 6.45) is 0. The average Bonchev–Trinajstić information content (AvgIpc) is 2.90. The molecule has 1 heterocycles. The summed E-state index contributed by atoms with van der Waals surface area (Å²) in [6, 6.07) is 29.9. The molecule has 4 aromatic carbocycles. The molecule has 5 rings (SSSR count). The first-order chi connectivity index (χ1) is 17.5. The van der Waals surface area contributed by atoms with Gasteiger partial charge in [-0.1, -0.05) is 77.3 Å². The molecule has 4 aromatic rings. The molecule has 1 saturated heterocycles. The lowest BCUT2D eigenvalue weighted by molar-refractivity contribution is 0.0719. The SMILES string of the molecule is O=C(c1ccccc1Oc1ccccc1)N1CCN(c2ccc(Cl)cc2Cl)C(c2ccc(Cl)cc2)C1. The summed E-state index contributed by atoms with van der Waals surface area (Å²) in [5, 5.41) is 1.81. The second-order valence-corrected chi connectivity index (χ2v) is 9.80. The molecule has 0 N–H and O–H groups in total. The summed E-state index contributed by atoms with van der Waals surface area (Å²) in [7, 11) is 0. The zero-order valence-electron chi connectivity index (χ0n) is 19.3. The Morgan fingerprint density at radius 1 is 0.778 bits per heavy atom. The van der Waals surface area contributed by atoms with Crippen LogP contribution in [0.25, 0.3) is 0 Å². The van der Waals surface area contributed by atoms with Crippen molar-refractivity contribution >= 4 is 46.4 Å². The Bertz CT molecular complexity index is 1360. The van der Waals surface area contributed by atoms with Gasteiger partial charge >= 0.3 is 0 Å². The van der Waals surface area contributed by atoms with E-state index in [1.54, 1.807) is 12.1 Å². The number of benzene rings is 4. The fraction of sp³-hybridized carbons (Fsp3) is 0.138. The summed E-state index contributed by atoms with van der Waals surface area (Å²) in [5.74, 6) is 1.13. The van der Waals surface area contributed by atoms with Gasteiger partial charge < -0.3 is 14.5 Å². The first kappa shape index (κ1) is 24.5. The highest BCUT2D eigenvalue weighted by molar-refractivity contribution is 6.36. The summed E-state index contributed by atoms with van der Waals surface area (Å²) in [5.41, 5.74) is 2.44. The molecular formula is C29H23Cl3N2O2. The molecule has 1 amide bonds. The van der Waals surface area contributed by atoms with Crippen LogP contribution in [0.3, 0.4) is 0 Å². The molecule has 0 aromatic heterocycles. The van der Waals surface area contributed by atoms with Gasteiger partial charge in [-0.05, 0) is 60.2 Å². The van der Waals surface area contributed by atoms with Crippen LogP contribution in [0.15, 0.2) is 97.1 Å². The van der Waals surface area contributed by atoms with E-state index in [-0.39, 0.29) is 11.9 Å². The van der Waals surface area contributed by atoms with Crippen molar-refractivity contribution in [2.45, 2.75) is 6.04 Å². The number of rotatable bonds is 5. The fourth-order valence-corrected chi connectivity index (χ4v) is 5.10. The Morgan fingerprint density at radius 3 is 2.22 bits per heavy atom. The van der Waals surface area contributed by atoms with E-state index in [0.29, 0.717) is 51.8 Å². The molecule has 0 bridgehead atoms. The molecule has 0 aliphatic carbocycles. The smallest absolute Gasteiger partial charge is 0.257 e. The van der Waals surface area contributed by atoms with Crippen LogP contribution >= 0.6 is 34.8 Å². The number of halogens is 3. The van der Waals surface area contributed by atoms with Gasteiger partial charge in [0.2, 0.25) is 0 Å². The number of piperazine rings is 1. The van der Waals surface area contributed by atoms with Crippen LogP contribution in [0, 0.1) is 0 Å². The molecule has 1 aliphatic rings. The van der Waals surface area contributed by atoms with E-state index in [2.05, 4.69) is 4.90 Å². The lowest BCUT2D eigenvalue weighted by Crippen LogP contribution is -2.50. The number of hydrogen-bond acceptors (Lipinski definition) is 3. The van der Waals surface area contributed by atoms with Crippen molar-refractivity contribution in [3.8, 4) is 11.5 Å². The molecular weight excluding hydrogens is 515 g/mol. The number of hydrogen-bond donors (Lipinski definition) is 0. The van der Waals surface area contributed by atoms with Crippen LogP contribution < -0.4 is 9.64 Å². The molecule has 7 heteroatoms. The van der Waals surface area contributed by atoms with Gasteiger partial charge in [0.25, 0.3) is 5.91 Å². The van der Waals surface area contributed by atoms with Crippen molar-refractivity contribution in [1.82, 2.24) is 4.90 Å². The summed E-state index contributed by atoms with van der Waals surface area (Å²) in [6.45, 7) is 1.60. The number of amides is 1. The van der Waals surface area contributed by atoms with Crippen molar-refractivity contribution < 1.29 is 9.53 Å². The van der Waals surface area contributed by atoms with Gasteiger partial charge in [-0.15, -0.1) is 0 Å². The molecule has 1 fully saturated rings. The van der Waals surface area contributed by atoms with Crippen LogP contribution in [0.5, 0.6) is 11.5 Å². The van der Waals surface area contributed by atoms with Gasteiger partial charge in [0, 0.05) is 29.7 Å². The number of anilines is 1. The van der Waals surface area contributed by atoms with Crippen LogP contribution in [0.2, 0.25) is 15.1 Å². The minimum Gasteiger partial charge on any atom is -0.457 e. The van der Waals surface area contributed by atoms with Crippen LogP contribution in [-0.2, 0) is 0 Å². The molecule has 182 valence electrons. The van der Waals surface area contributed by atoms with Crippen LogP contribution in [-0.4, -0.2) is 30.4 Å². The standard InChI is InChI=1S/C29H23Cl3N2O2/c30-21-12-10-20(11-13-21)27-19-33(16-17-34(27)26-15-14-22(31)18-25(26)32)29(35)24-8-4-5-9-28(24)36-23-6-2-1-3-7-23/h1-15,18,27H,16-17,19H2. The van der Waals surface area contributed by atoms with Crippen molar-refractivity contribution in [3.63, 3.8) is 0 Å². The van der Waals surface area contributed by atoms with Crippen LogP contribution in [0.1, 0.15) is 22.0 Å². The third kappa shape index (κ3) is 5.31. The van der Waals surface area contributed by atoms with Gasteiger partial charge in [0.1, 0.15) is 11.5 Å². The normalized spacial score (nSPS) is 15.6. The summed E-state index contributed by atoms with van der Waals surface area (Å²) < 4.78 is 6.06. The Morgan fingerprint density at radius 2 is 1.47 bits per heavy atom. The lowest BCUT2D eigenvalue weighted by atomic mass is 10.0. The van der Waals surface area contributed by atoms with E-state index in [9.17, 15) is 4.79 Å². The predicted molar refractivity (Wildman–Crippen MR) is 147 cm³/mol. The Labute approximate surface area is 225 Å². The number of para-hydroxylation sites is 2. The van der Waals surface area contributed by atoms with Crippen LogP contribution in [0.4, 0.5) is 5.69 Å².